The lowest BCUT2D eigenvalue weighted by molar-refractivity contribution is -0.122. The highest BCUT2D eigenvalue weighted by molar-refractivity contribution is 7.89. The molecule has 6 nitrogen and oxygen atoms in total. The van der Waals surface area contributed by atoms with Crippen molar-refractivity contribution in [2.45, 2.75) is 32.1 Å². The topological polar surface area (TPSA) is 87.3 Å². The molecule has 0 aromatic carbocycles. The van der Waals surface area contributed by atoms with Gasteiger partial charge in [-0.15, -0.1) is 0 Å². The molecule has 1 saturated carbocycles. The number of piperidine rings is 1. The highest BCUT2D eigenvalue weighted by atomic mass is 32.2. The van der Waals surface area contributed by atoms with Crippen LogP contribution in [0.25, 0.3) is 0 Å². The molecule has 20 heavy (non-hydrogen) atoms. The lowest BCUT2D eigenvalue weighted by atomic mass is 9.96. The fourth-order valence-electron chi connectivity index (χ4n) is 2.45. The van der Waals surface area contributed by atoms with Crippen molar-refractivity contribution in [1.29, 1.82) is 0 Å². The van der Waals surface area contributed by atoms with Gasteiger partial charge in [-0.2, -0.15) is 0 Å². The van der Waals surface area contributed by atoms with Crippen LogP contribution in [0, 0.1) is 11.8 Å². The maximum Gasteiger partial charge on any atom is 0.223 e. The number of hydrogen-bond donors (Lipinski definition) is 3. The van der Waals surface area contributed by atoms with Gasteiger partial charge in [-0.05, 0) is 51.1 Å². The molecule has 2 aliphatic rings. The number of sulfonamides is 1. The van der Waals surface area contributed by atoms with Gasteiger partial charge in [0.05, 0.1) is 5.75 Å². The van der Waals surface area contributed by atoms with E-state index in [1.54, 1.807) is 0 Å². The summed E-state index contributed by atoms with van der Waals surface area (Å²) in [7, 11) is -3.21. The normalized spacial score (nSPS) is 20.8. The van der Waals surface area contributed by atoms with Gasteiger partial charge < -0.3 is 10.6 Å². The summed E-state index contributed by atoms with van der Waals surface area (Å²) in [5, 5.41) is 6.02. The van der Waals surface area contributed by atoms with E-state index >= 15 is 0 Å². The van der Waals surface area contributed by atoms with Gasteiger partial charge in [0.15, 0.2) is 0 Å². The Morgan fingerprint density at radius 2 is 1.80 bits per heavy atom. The van der Waals surface area contributed by atoms with Gasteiger partial charge in [-0.1, -0.05) is 0 Å². The van der Waals surface area contributed by atoms with E-state index < -0.39 is 10.0 Å². The van der Waals surface area contributed by atoms with Gasteiger partial charge >= 0.3 is 0 Å². The number of nitrogens with one attached hydrogen (secondary N) is 3. The van der Waals surface area contributed by atoms with Gasteiger partial charge in [0.25, 0.3) is 0 Å². The van der Waals surface area contributed by atoms with E-state index in [2.05, 4.69) is 15.4 Å². The summed E-state index contributed by atoms with van der Waals surface area (Å²) in [4.78, 5) is 11.4. The Bertz CT molecular complexity index is 415. The van der Waals surface area contributed by atoms with Gasteiger partial charge in [0.2, 0.25) is 15.9 Å². The fourth-order valence-corrected chi connectivity index (χ4v) is 3.65. The molecule has 1 aliphatic carbocycles. The minimum Gasteiger partial charge on any atom is -0.355 e. The Morgan fingerprint density at radius 3 is 2.45 bits per heavy atom. The molecule has 1 heterocycles. The first-order valence-electron chi connectivity index (χ1n) is 7.52. The van der Waals surface area contributed by atoms with Gasteiger partial charge in [0, 0.05) is 19.0 Å². The van der Waals surface area contributed by atoms with Crippen LogP contribution in [-0.4, -0.2) is 46.3 Å². The molecule has 1 aliphatic heterocycles. The molecule has 3 N–H and O–H groups in total. The Labute approximate surface area is 121 Å². The van der Waals surface area contributed by atoms with Crippen molar-refractivity contribution in [3.8, 4) is 0 Å². The highest BCUT2D eigenvalue weighted by Crippen LogP contribution is 2.28. The molecule has 116 valence electrons. The number of rotatable bonds is 8. The second kappa shape index (κ2) is 7.38. The molecule has 0 aromatic heterocycles. The summed E-state index contributed by atoms with van der Waals surface area (Å²) in [6, 6.07) is 0. The van der Waals surface area contributed by atoms with Crippen molar-refractivity contribution in [1.82, 2.24) is 15.4 Å². The quantitative estimate of drug-likeness (QED) is 0.543. The predicted molar refractivity (Wildman–Crippen MR) is 77.7 cm³/mol. The minimum atomic E-state index is -3.21. The van der Waals surface area contributed by atoms with E-state index in [1.165, 1.54) is 0 Å². The van der Waals surface area contributed by atoms with Gasteiger partial charge in [-0.3, -0.25) is 4.79 Å². The Hall–Kier alpha value is -0.660. The zero-order valence-corrected chi connectivity index (χ0v) is 12.7. The first kappa shape index (κ1) is 15.7. The Balaban J connectivity index is 1.56. The van der Waals surface area contributed by atoms with Crippen molar-refractivity contribution < 1.29 is 13.2 Å². The molecule has 0 bridgehead atoms. The summed E-state index contributed by atoms with van der Waals surface area (Å²) in [5.74, 6) is 0.932. The zero-order valence-electron chi connectivity index (χ0n) is 11.9. The van der Waals surface area contributed by atoms with Crippen LogP contribution >= 0.6 is 0 Å². The van der Waals surface area contributed by atoms with E-state index in [4.69, 9.17) is 0 Å². The molecule has 7 heteroatoms. The second-order valence-corrected chi connectivity index (χ2v) is 7.69. The lowest BCUT2D eigenvalue weighted by Crippen LogP contribution is -2.37. The molecule has 1 saturated heterocycles. The van der Waals surface area contributed by atoms with Crippen molar-refractivity contribution in [3.05, 3.63) is 0 Å². The highest BCUT2D eigenvalue weighted by Gasteiger charge is 2.29. The van der Waals surface area contributed by atoms with Crippen LogP contribution < -0.4 is 15.4 Å². The first-order valence-corrected chi connectivity index (χ1v) is 9.18. The van der Waals surface area contributed by atoms with Crippen molar-refractivity contribution in [3.63, 3.8) is 0 Å². The summed E-state index contributed by atoms with van der Waals surface area (Å²) in [5.41, 5.74) is 0. The maximum absolute atomic E-state index is 11.8. The third kappa shape index (κ3) is 5.76. The molecular formula is C13H25N3O3S. The summed E-state index contributed by atoms with van der Waals surface area (Å²) in [6.07, 6.45) is 4.78. The molecule has 0 aromatic rings. The summed E-state index contributed by atoms with van der Waals surface area (Å²) in [6.45, 7) is 2.64. The smallest absolute Gasteiger partial charge is 0.223 e. The second-order valence-electron chi connectivity index (χ2n) is 5.76. The fraction of sp³-hybridized carbons (Fsp3) is 0.923. The standard InChI is InChI=1S/C13H25N3O3S/c17-13(12-1-2-12)15-8-9-16-20(18,19)10-5-11-3-6-14-7-4-11/h11-12,14,16H,1-10H2,(H,15,17). The van der Waals surface area contributed by atoms with Crippen molar-refractivity contribution in [2.75, 3.05) is 31.9 Å². The van der Waals surface area contributed by atoms with Crippen molar-refractivity contribution in [2.24, 2.45) is 11.8 Å². The number of amides is 1. The number of carbonyl (C=O) groups is 1. The third-order valence-corrected chi connectivity index (χ3v) is 5.37. The predicted octanol–water partition coefficient (Wildman–Crippen LogP) is -0.178. The summed E-state index contributed by atoms with van der Waals surface area (Å²) < 4.78 is 26.2. The molecule has 0 unspecified atom stereocenters. The lowest BCUT2D eigenvalue weighted by Gasteiger charge is -2.22. The van der Waals surface area contributed by atoms with E-state index in [0.29, 0.717) is 12.5 Å². The molecule has 1 amide bonds. The van der Waals surface area contributed by atoms with E-state index in [-0.39, 0.29) is 24.1 Å². The minimum absolute atomic E-state index is 0.0545. The van der Waals surface area contributed by atoms with Crippen LogP contribution in [-0.2, 0) is 14.8 Å². The molecular weight excluding hydrogens is 278 g/mol. The van der Waals surface area contributed by atoms with Gasteiger partial charge in [0.1, 0.15) is 0 Å². The number of carbonyl (C=O) groups excluding carboxylic acids is 1. The largest absolute Gasteiger partial charge is 0.355 e. The van der Waals surface area contributed by atoms with Gasteiger partial charge in [-0.25, -0.2) is 13.1 Å². The summed E-state index contributed by atoms with van der Waals surface area (Å²) >= 11 is 0. The Kier molecular flexibility index (Phi) is 5.80. The van der Waals surface area contributed by atoms with Crippen LogP contribution in [0.15, 0.2) is 0 Å². The van der Waals surface area contributed by atoms with Crippen LogP contribution in [0.3, 0.4) is 0 Å². The average Bonchev–Trinajstić information content (AvgIpc) is 3.27. The van der Waals surface area contributed by atoms with Crippen LogP contribution in [0.1, 0.15) is 32.1 Å². The monoisotopic (exact) mass is 303 g/mol. The van der Waals surface area contributed by atoms with Crippen LogP contribution in [0.2, 0.25) is 0 Å². The average molecular weight is 303 g/mol. The zero-order chi connectivity index (χ0) is 14.4. The number of hydrogen-bond acceptors (Lipinski definition) is 4. The van der Waals surface area contributed by atoms with Crippen LogP contribution in [0.5, 0.6) is 0 Å². The molecule has 0 atom stereocenters. The first-order chi connectivity index (χ1) is 9.57. The molecule has 0 spiro atoms. The van der Waals surface area contributed by atoms with E-state index in [0.717, 1.165) is 45.2 Å². The molecule has 2 fully saturated rings. The van der Waals surface area contributed by atoms with E-state index in [1.807, 2.05) is 0 Å². The Morgan fingerprint density at radius 1 is 1.10 bits per heavy atom. The maximum atomic E-state index is 11.8. The van der Waals surface area contributed by atoms with Crippen LogP contribution in [0.4, 0.5) is 0 Å². The molecule has 0 radical (unpaired) electrons. The van der Waals surface area contributed by atoms with E-state index in [9.17, 15) is 13.2 Å². The third-order valence-electron chi connectivity index (χ3n) is 3.95. The molecule has 2 rings (SSSR count). The van der Waals surface area contributed by atoms with Crippen molar-refractivity contribution >= 4 is 15.9 Å². The SMILES string of the molecule is O=C(NCCNS(=O)(=O)CCC1CCNCC1)C1CC1.